The maximum atomic E-state index is 13.4. The molecule has 4 nitrogen and oxygen atoms in total. The molecule has 0 spiro atoms. The maximum Gasteiger partial charge on any atom is 0.302 e. The van der Waals surface area contributed by atoms with Gasteiger partial charge in [-0.15, -0.1) is 0 Å². The fraction of sp³-hybridized carbons (Fsp3) is 0.727. The topological polar surface area (TPSA) is 63.6 Å². The van der Waals surface area contributed by atoms with Gasteiger partial charge >= 0.3 is 5.97 Å². The van der Waals surface area contributed by atoms with Crippen LogP contribution in [0.5, 0.6) is 0 Å². The Kier molecular flexibility index (Phi) is 4.50. The second kappa shape index (κ2) is 6.05. The molecule has 6 atom stereocenters. The number of rotatable bonds is 2. The molecule has 0 amide bonds. The second-order valence-electron chi connectivity index (χ2n) is 9.39. The van der Waals surface area contributed by atoms with E-state index in [1.165, 1.54) is 6.92 Å². The Hall–Kier alpha value is -1.42. The van der Waals surface area contributed by atoms with E-state index < -0.39 is 22.5 Å². The van der Waals surface area contributed by atoms with E-state index in [4.69, 9.17) is 4.74 Å². The zero-order valence-electron chi connectivity index (χ0n) is 16.8. The molecule has 3 aliphatic rings. The SMILES string of the molecule is CC(=O)OC1C2C(C)=CC=CC2(C)C(=O)CC2C1(C)CCC2(O)C(C)C. The molecule has 0 saturated heterocycles. The summed E-state index contributed by atoms with van der Waals surface area (Å²) < 4.78 is 5.94. The molecule has 0 bridgehead atoms. The van der Waals surface area contributed by atoms with E-state index in [1.54, 1.807) is 0 Å². The Morgan fingerprint density at radius 1 is 1.31 bits per heavy atom. The molecule has 0 aliphatic heterocycles. The zero-order chi connectivity index (χ0) is 19.5. The molecule has 0 aromatic carbocycles. The van der Waals surface area contributed by atoms with Crippen molar-refractivity contribution >= 4 is 11.8 Å². The molecular weight excluding hydrogens is 328 g/mol. The number of allylic oxidation sites excluding steroid dienone is 3. The van der Waals surface area contributed by atoms with Gasteiger partial charge in [0.1, 0.15) is 11.9 Å². The lowest BCUT2D eigenvalue weighted by Crippen LogP contribution is -2.50. The van der Waals surface area contributed by atoms with E-state index in [9.17, 15) is 14.7 Å². The van der Waals surface area contributed by atoms with Crippen LogP contribution in [0.2, 0.25) is 0 Å². The van der Waals surface area contributed by atoms with E-state index in [1.807, 2.05) is 45.9 Å². The molecule has 6 unspecified atom stereocenters. The molecule has 3 rings (SSSR count). The number of aliphatic hydroxyl groups is 1. The first-order valence-electron chi connectivity index (χ1n) is 9.75. The Morgan fingerprint density at radius 2 is 1.96 bits per heavy atom. The number of hydrogen-bond donors (Lipinski definition) is 1. The summed E-state index contributed by atoms with van der Waals surface area (Å²) in [7, 11) is 0. The molecule has 2 fully saturated rings. The van der Waals surface area contributed by atoms with Crippen molar-refractivity contribution in [1.29, 1.82) is 0 Å². The van der Waals surface area contributed by atoms with Gasteiger partial charge in [-0.25, -0.2) is 0 Å². The van der Waals surface area contributed by atoms with E-state index >= 15 is 0 Å². The molecular formula is C22H32O4. The van der Waals surface area contributed by atoms with Crippen molar-refractivity contribution in [2.75, 3.05) is 0 Å². The van der Waals surface area contributed by atoms with Crippen LogP contribution in [-0.4, -0.2) is 28.6 Å². The minimum Gasteiger partial charge on any atom is -0.461 e. The zero-order valence-corrected chi connectivity index (χ0v) is 16.8. The summed E-state index contributed by atoms with van der Waals surface area (Å²) >= 11 is 0. The molecule has 0 aromatic heterocycles. The summed E-state index contributed by atoms with van der Waals surface area (Å²) in [5.41, 5.74) is -0.974. The van der Waals surface area contributed by atoms with Gasteiger partial charge in [-0.2, -0.15) is 0 Å². The molecule has 0 radical (unpaired) electrons. The first-order chi connectivity index (χ1) is 12.0. The minimum atomic E-state index is -0.909. The second-order valence-corrected chi connectivity index (χ2v) is 9.39. The number of carbonyl (C=O) groups excluding carboxylic acids is 2. The molecule has 2 saturated carbocycles. The molecule has 0 aromatic rings. The first kappa shape index (κ1) is 19.3. The molecule has 3 aliphatic carbocycles. The van der Waals surface area contributed by atoms with Crippen LogP contribution in [0.1, 0.15) is 60.8 Å². The number of ether oxygens (including phenoxy) is 1. The lowest BCUT2D eigenvalue weighted by molar-refractivity contribution is -0.164. The van der Waals surface area contributed by atoms with Gasteiger partial charge in [-0.1, -0.05) is 44.6 Å². The number of Topliss-reactive ketones (excluding diaryl/α,β-unsaturated/α-hetero) is 1. The quantitative estimate of drug-likeness (QED) is 0.760. The van der Waals surface area contributed by atoms with Crippen LogP contribution in [0.3, 0.4) is 0 Å². The van der Waals surface area contributed by atoms with Gasteiger partial charge in [0, 0.05) is 30.6 Å². The first-order valence-corrected chi connectivity index (χ1v) is 9.75. The average Bonchev–Trinajstić information content (AvgIpc) is 2.76. The summed E-state index contributed by atoms with van der Waals surface area (Å²) in [5.74, 6) is -0.545. The Balaban J connectivity index is 2.20. The van der Waals surface area contributed by atoms with E-state index in [0.717, 1.165) is 12.0 Å². The lowest BCUT2D eigenvalue weighted by atomic mass is 9.62. The maximum absolute atomic E-state index is 13.4. The van der Waals surface area contributed by atoms with Gasteiger partial charge in [0.05, 0.1) is 11.0 Å². The highest BCUT2D eigenvalue weighted by Crippen LogP contribution is 2.62. The number of ketones is 1. The Bertz CT molecular complexity index is 690. The van der Waals surface area contributed by atoms with Gasteiger partial charge in [-0.3, -0.25) is 9.59 Å². The molecule has 1 N–H and O–H groups in total. The van der Waals surface area contributed by atoms with Crippen LogP contribution in [0.25, 0.3) is 0 Å². The van der Waals surface area contributed by atoms with Gasteiger partial charge in [-0.05, 0) is 32.6 Å². The highest BCUT2D eigenvalue weighted by Gasteiger charge is 2.66. The number of esters is 1. The molecule has 0 heterocycles. The largest absolute Gasteiger partial charge is 0.461 e. The van der Waals surface area contributed by atoms with Crippen LogP contribution < -0.4 is 0 Å². The van der Waals surface area contributed by atoms with Gasteiger partial charge in [0.25, 0.3) is 0 Å². The van der Waals surface area contributed by atoms with Crippen molar-refractivity contribution in [2.24, 2.45) is 28.6 Å². The predicted molar refractivity (Wildman–Crippen MR) is 100 cm³/mol. The van der Waals surface area contributed by atoms with Crippen LogP contribution in [-0.2, 0) is 14.3 Å². The number of fused-ring (bicyclic) bond motifs is 2. The van der Waals surface area contributed by atoms with Crippen molar-refractivity contribution in [2.45, 2.75) is 72.5 Å². The van der Waals surface area contributed by atoms with Crippen LogP contribution >= 0.6 is 0 Å². The third-order valence-corrected chi connectivity index (χ3v) is 7.64. The van der Waals surface area contributed by atoms with Crippen molar-refractivity contribution in [3.63, 3.8) is 0 Å². The summed E-state index contributed by atoms with van der Waals surface area (Å²) in [6, 6.07) is 0. The van der Waals surface area contributed by atoms with E-state index in [-0.39, 0.29) is 29.5 Å². The minimum absolute atomic E-state index is 0.0419. The summed E-state index contributed by atoms with van der Waals surface area (Å²) in [6.07, 6.45) is 7.21. The average molecular weight is 360 g/mol. The van der Waals surface area contributed by atoms with Gasteiger partial charge < -0.3 is 9.84 Å². The molecule has 26 heavy (non-hydrogen) atoms. The monoisotopic (exact) mass is 360 g/mol. The van der Waals surface area contributed by atoms with Crippen LogP contribution in [0.15, 0.2) is 23.8 Å². The fourth-order valence-corrected chi connectivity index (χ4v) is 5.90. The fourth-order valence-electron chi connectivity index (χ4n) is 5.90. The van der Waals surface area contributed by atoms with Gasteiger partial charge in [0.2, 0.25) is 0 Å². The summed E-state index contributed by atoms with van der Waals surface area (Å²) in [6.45, 7) is 11.6. The highest BCUT2D eigenvalue weighted by molar-refractivity contribution is 5.88. The Morgan fingerprint density at radius 3 is 2.54 bits per heavy atom. The smallest absolute Gasteiger partial charge is 0.302 e. The van der Waals surface area contributed by atoms with Crippen molar-refractivity contribution < 1.29 is 19.4 Å². The van der Waals surface area contributed by atoms with Crippen molar-refractivity contribution in [3.8, 4) is 0 Å². The normalized spacial score (nSPS) is 45.0. The van der Waals surface area contributed by atoms with E-state index in [2.05, 4.69) is 6.92 Å². The Labute approximate surface area is 156 Å². The van der Waals surface area contributed by atoms with Crippen LogP contribution in [0, 0.1) is 28.6 Å². The van der Waals surface area contributed by atoms with Gasteiger partial charge in [0.15, 0.2) is 0 Å². The third kappa shape index (κ3) is 2.52. The van der Waals surface area contributed by atoms with E-state index in [0.29, 0.717) is 12.8 Å². The number of hydrogen-bond acceptors (Lipinski definition) is 4. The number of carbonyl (C=O) groups is 2. The summed E-state index contributed by atoms with van der Waals surface area (Å²) in [4.78, 5) is 25.4. The van der Waals surface area contributed by atoms with Crippen molar-refractivity contribution in [3.05, 3.63) is 23.8 Å². The lowest BCUT2D eigenvalue weighted by Gasteiger charge is -2.46. The van der Waals surface area contributed by atoms with Crippen molar-refractivity contribution in [1.82, 2.24) is 0 Å². The summed E-state index contributed by atoms with van der Waals surface area (Å²) in [5, 5.41) is 11.5. The predicted octanol–water partition coefficient (Wildman–Crippen LogP) is 3.83. The highest BCUT2D eigenvalue weighted by atomic mass is 16.5. The third-order valence-electron chi connectivity index (χ3n) is 7.64. The molecule has 144 valence electrons. The standard InChI is InChI=1S/C22H32O4/c1-13(2)22(25)11-10-20(5)16(22)12-17(24)21(6)9-7-8-14(3)18(21)19(20)26-15(4)23/h7-9,13,16,18-19,25H,10-12H2,1-6H3. The molecule has 4 heteroatoms. The van der Waals surface area contributed by atoms with Crippen LogP contribution in [0.4, 0.5) is 0 Å².